The summed E-state index contributed by atoms with van der Waals surface area (Å²) in [5.41, 5.74) is 0.785. The molecule has 17 heavy (non-hydrogen) atoms. The van der Waals surface area contributed by atoms with Crippen molar-refractivity contribution in [3.8, 4) is 0 Å². The summed E-state index contributed by atoms with van der Waals surface area (Å²) < 4.78 is 6.40. The summed E-state index contributed by atoms with van der Waals surface area (Å²) >= 11 is 2.23. The van der Waals surface area contributed by atoms with E-state index in [4.69, 9.17) is 4.74 Å². The molecule has 1 aliphatic heterocycles. The van der Waals surface area contributed by atoms with E-state index in [0.29, 0.717) is 6.10 Å². The van der Waals surface area contributed by atoms with Crippen LogP contribution in [0, 0.1) is 3.57 Å². The highest BCUT2D eigenvalue weighted by Crippen LogP contribution is 2.16. The van der Waals surface area contributed by atoms with Crippen molar-refractivity contribution in [1.82, 2.24) is 4.90 Å². The van der Waals surface area contributed by atoms with Crippen LogP contribution in [0.15, 0.2) is 24.3 Å². The highest BCUT2D eigenvalue weighted by atomic mass is 127. The molecule has 0 unspecified atom stereocenters. The van der Waals surface area contributed by atoms with Crippen LogP contribution in [0.4, 0.5) is 0 Å². The summed E-state index contributed by atoms with van der Waals surface area (Å²) in [6.07, 6.45) is 2.19. The molecule has 1 aliphatic rings. The number of carbonyl (C=O) groups excluding carboxylic acids is 1. The van der Waals surface area contributed by atoms with Gasteiger partial charge in [-0.15, -0.1) is 0 Å². The molecule has 1 fully saturated rings. The third-order valence-electron chi connectivity index (χ3n) is 3.13. The SMILES string of the molecule is COC1CCN(C(=O)c2cccc(I)c2)CC1. The number of amides is 1. The first-order valence-corrected chi connectivity index (χ1v) is 6.86. The lowest BCUT2D eigenvalue weighted by Gasteiger charge is -2.31. The zero-order chi connectivity index (χ0) is 12.3. The second-order valence-electron chi connectivity index (χ2n) is 4.24. The van der Waals surface area contributed by atoms with Crippen molar-refractivity contribution < 1.29 is 9.53 Å². The van der Waals surface area contributed by atoms with Crippen molar-refractivity contribution in [2.75, 3.05) is 20.2 Å². The zero-order valence-corrected chi connectivity index (χ0v) is 12.0. The van der Waals surface area contributed by atoms with Crippen LogP contribution in [-0.4, -0.2) is 37.1 Å². The summed E-state index contributed by atoms with van der Waals surface area (Å²) in [7, 11) is 1.74. The van der Waals surface area contributed by atoms with Gasteiger partial charge in [-0.05, 0) is 53.6 Å². The normalized spacial score (nSPS) is 17.2. The van der Waals surface area contributed by atoms with Crippen LogP contribution in [0.2, 0.25) is 0 Å². The van der Waals surface area contributed by atoms with Gasteiger partial charge in [-0.1, -0.05) is 6.07 Å². The standard InChI is InChI=1S/C13H16INO2/c1-17-12-5-7-15(8-6-12)13(16)10-3-2-4-11(14)9-10/h2-4,9,12H,5-8H2,1H3. The minimum atomic E-state index is 0.137. The number of methoxy groups -OCH3 is 1. The predicted molar refractivity (Wildman–Crippen MR) is 75.1 cm³/mol. The summed E-state index contributed by atoms with van der Waals surface area (Å²) in [4.78, 5) is 14.1. The first kappa shape index (κ1) is 12.8. The number of carbonyl (C=O) groups is 1. The van der Waals surface area contributed by atoms with Crippen molar-refractivity contribution in [2.45, 2.75) is 18.9 Å². The number of hydrogen-bond acceptors (Lipinski definition) is 2. The van der Waals surface area contributed by atoms with Crippen LogP contribution in [0.25, 0.3) is 0 Å². The Morgan fingerprint density at radius 2 is 2.12 bits per heavy atom. The van der Waals surface area contributed by atoms with Crippen LogP contribution in [-0.2, 0) is 4.74 Å². The molecule has 4 heteroatoms. The van der Waals surface area contributed by atoms with E-state index >= 15 is 0 Å². The number of benzene rings is 1. The molecule has 0 bridgehead atoms. The highest BCUT2D eigenvalue weighted by molar-refractivity contribution is 14.1. The van der Waals surface area contributed by atoms with E-state index in [1.165, 1.54) is 0 Å². The molecule has 1 aromatic carbocycles. The van der Waals surface area contributed by atoms with Gasteiger partial charge in [0.25, 0.3) is 5.91 Å². The fourth-order valence-corrected chi connectivity index (χ4v) is 2.64. The third-order valence-corrected chi connectivity index (χ3v) is 3.81. The minimum absolute atomic E-state index is 0.137. The number of hydrogen-bond donors (Lipinski definition) is 0. The van der Waals surface area contributed by atoms with Gasteiger partial charge in [-0.3, -0.25) is 4.79 Å². The number of likely N-dealkylation sites (tertiary alicyclic amines) is 1. The Labute approximate surface area is 115 Å². The van der Waals surface area contributed by atoms with Crippen molar-refractivity contribution in [1.29, 1.82) is 0 Å². The molecule has 0 atom stereocenters. The zero-order valence-electron chi connectivity index (χ0n) is 9.86. The van der Waals surface area contributed by atoms with E-state index in [9.17, 15) is 4.79 Å². The molecular formula is C13H16INO2. The fourth-order valence-electron chi connectivity index (χ4n) is 2.10. The van der Waals surface area contributed by atoms with E-state index in [-0.39, 0.29) is 5.91 Å². The highest BCUT2D eigenvalue weighted by Gasteiger charge is 2.23. The van der Waals surface area contributed by atoms with E-state index in [2.05, 4.69) is 22.6 Å². The number of nitrogens with zero attached hydrogens (tertiary/aromatic N) is 1. The summed E-state index contributed by atoms with van der Waals surface area (Å²) in [6.45, 7) is 1.59. The molecule has 1 aromatic rings. The van der Waals surface area contributed by atoms with Crippen LogP contribution >= 0.6 is 22.6 Å². The lowest BCUT2D eigenvalue weighted by molar-refractivity contribution is 0.0351. The molecule has 0 aliphatic carbocycles. The van der Waals surface area contributed by atoms with Gasteiger partial charge in [0.2, 0.25) is 0 Å². The quantitative estimate of drug-likeness (QED) is 0.771. The molecule has 1 amide bonds. The lowest BCUT2D eigenvalue weighted by Crippen LogP contribution is -2.40. The molecule has 2 rings (SSSR count). The number of rotatable bonds is 2. The number of ether oxygens (including phenoxy) is 1. The van der Waals surface area contributed by atoms with Gasteiger partial charge < -0.3 is 9.64 Å². The van der Waals surface area contributed by atoms with E-state index in [0.717, 1.165) is 35.1 Å². The smallest absolute Gasteiger partial charge is 0.253 e. The second-order valence-corrected chi connectivity index (χ2v) is 5.48. The van der Waals surface area contributed by atoms with E-state index in [1.807, 2.05) is 29.2 Å². The maximum Gasteiger partial charge on any atom is 0.253 e. The molecule has 1 heterocycles. The van der Waals surface area contributed by atoms with E-state index in [1.54, 1.807) is 7.11 Å². The van der Waals surface area contributed by atoms with Gasteiger partial charge >= 0.3 is 0 Å². The van der Waals surface area contributed by atoms with Gasteiger partial charge in [0.05, 0.1) is 6.10 Å². The fraction of sp³-hybridized carbons (Fsp3) is 0.462. The molecule has 0 saturated carbocycles. The van der Waals surface area contributed by atoms with Crippen molar-refractivity contribution in [3.05, 3.63) is 33.4 Å². The Balaban J connectivity index is 2.02. The van der Waals surface area contributed by atoms with Crippen LogP contribution < -0.4 is 0 Å². The molecule has 1 saturated heterocycles. The first-order chi connectivity index (χ1) is 8.20. The first-order valence-electron chi connectivity index (χ1n) is 5.78. The maximum atomic E-state index is 12.2. The summed E-state index contributed by atoms with van der Waals surface area (Å²) in [5.74, 6) is 0.137. The van der Waals surface area contributed by atoms with Crippen LogP contribution in [0.1, 0.15) is 23.2 Å². The van der Waals surface area contributed by atoms with Crippen molar-refractivity contribution >= 4 is 28.5 Å². The molecule has 92 valence electrons. The Hall–Kier alpha value is -0.620. The average molecular weight is 345 g/mol. The maximum absolute atomic E-state index is 12.2. The Bertz CT molecular complexity index is 400. The molecule has 3 nitrogen and oxygen atoms in total. The topological polar surface area (TPSA) is 29.5 Å². The monoisotopic (exact) mass is 345 g/mol. The van der Waals surface area contributed by atoms with Gasteiger partial charge in [0.15, 0.2) is 0 Å². The molecule has 0 aromatic heterocycles. The number of piperidine rings is 1. The lowest BCUT2D eigenvalue weighted by atomic mass is 10.1. The van der Waals surface area contributed by atoms with Gasteiger partial charge in [-0.25, -0.2) is 0 Å². The number of halogens is 1. The van der Waals surface area contributed by atoms with Gasteiger partial charge in [-0.2, -0.15) is 0 Å². The Kier molecular flexibility index (Phi) is 4.39. The average Bonchev–Trinajstić information content (AvgIpc) is 2.38. The van der Waals surface area contributed by atoms with Crippen LogP contribution in [0.5, 0.6) is 0 Å². The van der Waals surface area contributed by atoms with Crippen molar-refractivity contribution in [3.63, 3.8) is 0 Å². The molecular weight excluding hydrogens is 329 g/mol. The predicted octanol–water partition coefficient (Wildman–Crippen LogP) is 2.54. The second kappa shape index (κ2) is 5.82. The van der Waals surface area contributed by atoms with E-state index < -0.39 is 0 Å². The molecule has 0 spiro atoms. The molecule has 0 N–H and O–H groups in total. The Morgan fingerprint density at radius 1 is 1.41 bits per heavy atom. The third kappa shape index (κ3) is 3.19. The summed E-state index contributed by atoms with van der Waals surface area (Å²) in [6, 6.07) is 7.74. The molecule has 0 radical (unpaired) electrons. The Morgan fingerprint density at radius 3 is 2.71 bits per heavy atom. The summed E-state index contributed by atoms with van der Waals surface area (Å²) in [5, 5.41) is 0. The van der Waals surface area contributed by atoms with Crippen molar-refractivity contribution in [2.24, 2.45) is 0 Å². The minimum Gasteiger partial charge on any atom is -0.381 e. The van der Waals surface area contributed by atoms with Gasteiger partial charge in [0, 0.05) is 29.3 Å². The van der Waals surface area contributed by atoms with Gasteiger partial charge in [0.1, 0.15) is 0 Å². The largest absolute Gasteiger partial charge is 0.381 e. The van der Waals surface area contributed by atoms with Crippen LogP contribution in [0.3, 0.4) is 0 Å².